The fourth-order valence-corrected chi connectivity index (χ4v) is 3.86. The van der Waals surface area contributed by atoms with Gasteiger partial charge >= 0.3 is 0 Å². The molecule has 0 aliphatic heterocycles. The molecule has 1 N–H and O–H groups in total. The van der Waals surface area contributed by atoms with Crippen LogP contribution >= 0.6 is 7.37 Å². The average Bonchev–Trinajstić information content (AvgIpc) is 2.54. The van der Waals surface area contributed by atoms with Crippen LogP contribution in [0.3, 0.4) is 0 Å². The van der Waals surface area contributed by atoms with Crippen molar-refractivity contribution >= 4 is 18.4 Å². The Morgan fingerprint density at radius 1 is 1.14 bits per heavy atom. The van der Waals surface area contributed by atoms with Crippen LogP contribution in [0.2, 0.25) is 0 Å². The van der Waals surface area contributed by atoms with Crippen LogP contribution < -0.4 is 10.2 Å². The predicted octanol–water partition coefficient (Wildman–Crippen LogP) is 2.39. The van der Waals surface area contributed by atoms with Crippen LogP contribution in [-0.2, 0) is 9.09 Å². The van der Waals surface area contributed by atoms with Crippen LogP contribution in [0.1, 0.15) is 11.4 Å². The highest BCUT2D eigenvalue weighted by molar-refractivity contribution is 7.67. The zero-order valence-electron chi connectivity index (χ0n) is 12.3. The Morgan fingerprint density at radius 2 is 1.71 bits per heavy atom. The van der Waals surface area contributed by atoms with Crippen molar-refractivity contribution < 1.29 is 14.2 Å². The number of anilines is 1. The van der Waals surface area contributed by atoms with Gasteiger partial charge in [0, 0.05) is 44.6 Å². The summed E-state index contributed by atoms with van der Waals surface area (Å²) in [5.74, 6) is -1.21. The second-order valence-corrected chi connectivity index (χ2v) is 7.41. The van der Waals surface area contributed by atoms with Gasteiger partial charge in [-0.25, -0.2) is 0 Å². The Kier molecular flexibility index (Phi) is 4.78. The fraction of sp³-hybridized carbons (Fsp3) is 0.267. The third-order valence-corrected chi connectivity index (χ3v) is 5.83. The van der Waals surface area contributed by atoms with Gasteiger partial charge < -0.3 is 14.5 Å². The van der Waals surface area contributed by atoms with Gasteiger partial charge in [-0.3, -0.25) is 9.55 Å². The number of hydrogen-bond acceptors (Lipinski definition) is 5. The molecule has 2 atom stereocenters. The molecule has 6 heteroatoms. The molecule has 112 valence electrons. The van der Waals surface area contributed by atoms with Crippen LogP contribution in [0.25, 0.3) is 0 Å². The number of pyridine rings is 1. The highest BCUT2D eigenvalue weighted by Crippen LogP contribution is 2.56. The summed E-state index contributed by atoms with van der Waals surface area (Å²) in [5.41, 5.74) is 1.51. The number of rotatable bonds is 5. The molecule has 0 spiro atoms. The lowest BCUT2D eigenvalue weighted by molar-refractivity contribution is 0.228. The van der Waals surface area contributed by atoms with E-state index in [0.717, 1.165) is 5.69 Å². The largest absolute Gasteiger partial charge is 0.378 e. The molecule has 0 fully saturated rings. The van der Waals surface area contributed by atoms with E-state index in [4.69, 9.17) is 4.52 Å². The van der Waals surface area contributed by atoms with Crippen LogP contribution in [0, 0.1) is 0 Å². The van der Waals surface area contributed by atoms with E-state index in [-0.39, 0.29) is 0 Å². The van der Waals surface area contributed by atoms with Gasteiger partial charge in [0.2, 0.25) is 0 Å². The lowest BCUT2D eigenvalue weighted by Crippen LogP contribution is -2.15. The first-order valence-electron chi connectivity index (χ1n) is 6.50. The predicted molar refractivity (Wildman–Crippen MR) is 84.2 cm³/mol. The third kappa shape index (κ3) is 3.16. The van der Waals surface area contributed by atoms with Gasteiger partial charge in [0.05, 0.1) is 0 Å². The minimum atomic E-state index is -3.41. The Morgan fingerprint density at radius 3 is 2.19 bits per heavy atom. The third-order valence-electron chi connectivity index (χ3n) is 3.32. The van der Waals surface area contributed by atoms with Crippen LogP contribution in [0.4, 0.5) is 5.69 Å². The van der Waals surface area contributed by atoms with Crippen molar-refractivity contribution in [2.45, 2.75) is 5.85 Å². The lowest BCUT2D eigenvalue weighted by Gasteiger charge is -2.23. The maximum Gasteiger partial charge on any atom is 0.263 e. The summed E-state index contributed by atoms with van der Waals surface area (Å²) in [5, 5.41) is 10.9. The zero-order chi connectivity index (χ0) is 15.5. The van der Waals surface area contributed by atoms with E-state index in [1.165, 1.54) is 7.11 Å². The minimum Gasteiger partial charge on any atom is -0.378 e. The normalized spacial score (nSPS) is 15.2. The van der Waals surface area contributed by atoms with Gasteiger partial charge in [0.25, 0.3) is 7.37 Å². The van der Waals surface area contributed by atoms with E-state index in [2.05, 4.69) is 4.98 Å². The maximum atomic E-state index is 13.1. The molecule has 0 aliphatic carbocycles. The first kappa shape index (κ1) is 15.7. The topological polar surface area (TPSA) is 62.7 Å². The van der Waals surface area contributed by atoms with Gasteiger partial charge in [0.15, 0.2) is 5.85 Å². The highest BCUT2D eigenvalue weighted by atomic mass is 31.2. The van der Waals surface area contributed by atoms with E-state index < -0.39 is 13.2 Å². The molecular weight excluding hydrogens is 287 g/mol. The fourth-order valence-electron chi connectivity index (χ4n) is 2.04. The number of hydrogen-bond donors (Lipinski definition) is 1. The molecule has 0 amide bonds. The number of aliphatic hydroxyl groups is 1. The van der Waals surface area contributed by atoms with Crippen molar-refractivity contribution in [3.05, 3.63) is 54.4 Å². The van der Waals surface area contributed by atoms with Gasteiger partial charge in [-0.05, 0) is 42.0 Å². The second-order valence-electron chi connectivity index (χ2n) is 4.84. The van der Waals surface area contributed by atoms with E-state index in [9.17, 15) is 9.67 Å². The van der Waals surface area contributed by atoms with Crippen LogP contribution in [0.5, 0.6) is 0 Å². The van der Waals surface area contributed by atoms with Crippen LogP contribution in [0.15, 0.2) is 48.8 Å². The molecule has 21 heavy (non-hydrogen) atoms. The van der Waals surface area contributed by atoms with Crippen molar-refractivity contribution in [2.24, 2.45) is 0 Å². The van der Waals surface area contributed by atoms with Crippen molar-refractivity contribution in [3.63, 3.8) is 0 Å². The Labute approximate surface area is 124 Å². The molecule has 1 aromatic heterocycles. The standard InChI is InChI=1S/C15H19N2O3P/c1-17(2)13-4-6-14(7-5-13)21(19,20-3)15(18)12-8-10-16-11-9-12/h4-11,15,18H,1-3H3. The van der Waals surface area contributed by atoms with E-state index in [0.29, 0.717) is 10.9 Å². The van der Waals surface area contributed by atoms with Crippen molar-refractivity contribution in [1.82, 2.24) is 4.98 Å². The van der Waals surface area contributed by atoms with E-state index >= 15 is 0 Å². The summed E-state index contributed by atoms with van der Waals surface area (Å²) in [7, 11) is 1.80. The van der Waals surface area contributed by atoms with Gasteiger partial charge in [0.1, 0.15) is 0 Å². The molecule has 5 nitrogen and oxygen atoms in total. The van der Waals surface area contributed by atoms with Gasteiger partial charge in [-0.2, -0.15) is 0 Å². The number of benzene rings is 1. The first-order valence-corrected chi connectivity index (χ1v) is 8.20. The Bertz CT molecular complexity index is 629. The van der Waals surface area contributed by atoms with Crippen molar-refractivity contribution in [3.8, 4) is 0 Å². The molecule has 2 aromatic rings. The van der Waals surface area contributed by atoms with Crippen LogP contribution in [-0.4, -0.2) is 31.3 Å². The molecule has 2 rings (SSSR count). The molecule has 1 heterocycles. The quantitative estimate of drug-likeness (QED) is 0.859. The highest BCUT2D eigenvalue weighted by Gasteiger charge is 2.35. The van der Waals surface area contributed by atoms with E-state index in [1.807, 2.05) is 31.1 Å². The van der Waals surface area contributed by atoms with Gasteiger partial charge in [-0.15, -0.1) is 0 Å². The molecule has 1 aromatic carbocycles. The monoisotopic (exact) mass is 306 g/mol. The number of aromatic nitrogens is 1. The summed E-state index contributed by atoms with van der Waals surface area (Å²) in [6.45, 7) is 0. The summed E-state index contributed by atoms with van der Waals surface area (Å²) in [6, 6.07) is 10.4. The maximum absolute atomic E-state index is 13.1. The average molecular weight is 306 g/mol. The molecule has 0 aliphatic rings. The Hall–Kier alpha value is -1.68. The SMILES string of the molecule is COP(=O)(c1ccc(N(C)C)cc1)C(O)c1ccncc1. The summed E-state index contributed by atoms with van der Waals surface area (Å²) >= 11 is 0. The van der Waals surface area contributed by atoms with E-state index in [1.54, 1.807) is 36.7 Å². The number of nitrogens with zero attached hydrogens (tertiary/aromatic N) is 2. The molecule has 0 radical (unpaired) electrons. The molecule has 0 saturated carbocycles. The smallest absolute Gasteiger partial charge is 0.263 e. The summed E-state index contributed by atoms with van der Waals surface area (Å²) in [4.78, 5) is 5.84. The first-order chi connectivity index (χ1) is 9.99. The molecule has 2 unspecified atom stereocenters. The van der Waals surface area contributed by atoms with Crippen molar-refractivity contribution in [2.75, 3.05) is 26.1 Å². The van der Waals surface area contributed by atoms with Crippen molar-refractivity contribution in [1.29, 1.82) is 0 Å². The zero-order valence-corrected chi connectivity index (χ0v) is 13.2. The molecular formula is C15H19N2O3P. The second kappa shape index (κ2) is 6.39. The lowest BCUT2D eigenvalue weighted by atomic mass is 10.3. The van der Waals surface area contributed by atoms with Gasteiger partial charge in [-0.1, -0.05) is 0 Å². The minimum absolute atomic E-state index is 0.486. The summed E-state index contributed by atoms with van der Waals surface area (Å²) < 4.78 is 18.3. The molecule has 0 saturated heterocycles. The number of aliphatic hydroxyl groups excluding tert-OH is 1. The Balaban J connectivity index is 2.39. The summed E-state index contributed by atoms with van der Waals surface area (Å²) in [6.07, 6.45) is 3.10. The molecule has 0 bridgehead atoms.